The van der Waals surface area contributed by atoms with E-state index in [2.05, 4.69) is 5.32 Å². The molecule has 29 heavy (non-hydrogen) atoms. The van der Waals surface area contributed by atoms with Crippen LogP contribution in [-0.2, 0) is 4.79 Å². The highest BCUT2D eigenvalue weighted by atomic mass is 16.6. The van der Waals surface area contributed by atoms with Crippen molar-refractivity contribution in [3.05, 3.63) is 58.1 Å². The smallest absolute Gasteiger partial charge is 0.292 e. The van der Waals surface area contributed by atoms with E-state index in [9.17, 15) is 14.9 Å². The number of hydrogen-bond acceptors (Lipinski definition) is 6. The van der Waals surface area contributed by atoms with Crippen molar-refractivity contribution in [3.8, 4) is 11.5 Å². The van der Waals surface area contributed by atoms with Crippen molar-refractivity contribution >= 4 is 17.3 Å². The third kappa shape index (κ3) is 4.59. The van der Waals surface area contributed by atoms with Crippen LogP contribution in [0, 0.1) is 10.1 Å². The summed E-state index contributed by atoms with van der Waals surface area (Å²) in [7, 11) is 3.21. The number of methoxy groups -OCH3 is 2. The maximum atomic E-state index is 12.8. The van der Waals surface area contributed by atoms with Crippen LogP contribution < -0.4 is 14.8 Å². The Bertz CT molecular complexity index is 886. The van der Waals surface area contributed by atoms with E-state index in [1.54, 1.807) is 32.4 Å². The lowest BCUT2D eigenvalue weighted by Gasteiger charge is -2.26. The number of benzene rings is 2. The zero-order valence-corrected chi connectivity index (χ0v) is 16.6. The molecule has 8 heteroatoms. The Hall–Kier alpha value is -3.29. The third-order valence-corrected chi connectivity index (χ3v) is 5.13. The fourth-order valence-electron chi connectivity index (χ4n) is 3.71. The van der Waals surface area contributed by atoms with Gasteiger partial charge in [0.25, 0.3) is 5.69 Å². The lowest BCUT2D eigenvalue weighted by molar-refractivity contribution is -0.384. The number of carbonyl (C=O) groups excluding carboxylic acids is 1. The molecule has 1 saturated heterocycles. The summed E-state index contributed by atoms with van der Waals surface area (Å²) in [5.41, 5.74) is 1.38. The summed E-state index contributed by atoms with van der Waals surface area (Å²) < 4.78 is 10.8. The lowest BCUT2D eigenvalue weighted by Crippen LogP contribution is -2.32. The summed E-state index contributed by atoms with van der Waals surface area (Å²) >= 11 is 0. The van der Waals surface area contributed by atoms with E-state index >= 15 is 0 Å². The molecule has 1 heterocycles. The highest BCUT2D eigenvalue weighted by Gasteiger charge is 2.31. The molecular weight excluding hydrogens is 374 g/mol. The first kappa shape index (κ1) is 20.4. The van der Waals surface area contributed by atoms with Crippen LogP contribution in [0.3, 0.4) is 0 Å². The summed E-state index contributed by atoms with van der Waals surface area (Å²) in [6.07, 6.45) is 2.04. The van der Waals surface area contributed by atoms with Gasteiger partial charge in [-0.05, 0) is 31.0 Å². The molecule has 0 saturated carbocycles. The Morgan fingerprint density at radius 1 is 1.24 bits per heavy atom. The van der Waals surface area contributed by atoms with Crippen molar-refractivity contribution in [2.45, 2.75) is 25.3 Å². The number of hydrogen-bond donors (Lipinski definition) is 1. The second kappa shape index (κ2) is 9.27. The SMILES string of the molecule is COc1ccc(C2CCCN2C(=O)CCNc2ccccc2[N+](=O)[O-])c(OC)c1. The highest BCUT2D eigenvalue weighted by Crippen LogP contribution is 2.39. The number of nitrogens with one attached hydrogen (secondary N) is 1. The Morgan fingerprint density at radius 3 is 2.76 bits per heavy atom. The van der Waals surface area contributed by atoms with Crippen molar-refractivity contribution in [3.63, 3.8) is 0 Å². The van der Waals surface area contributed by atoms with Gasteiger partial charge in [0.1, 0.15) is 17.2 Å². The molecule has 1 fully saturated rings. The summed E-state index contributed by atoms with van der Waals surface area (Å²) in [5, 5.41) is 14.1. The van der Waals surface area contributed by atoms with E-state index < -0.39 is 4.92 Å². The van der Waals surface area contributed by atoms with Crippen molar-refractivity contribution < 1.29 is 19.2 Å². The van der Waals surface area contributed by atoms with E-state index in [-0.39, 0.29) is 24.1 Å². The zero-order chi connectivity index (χ0) is 20.8. The summed E-state index contributed by atoms with van der Waals surface area (Å²) in [6.45, 7) is 1.01. The summed E-state index contributed by atoms with van der Waals surface area (Å²) in [6, 6.07) is 12.0. The molecule has 1 atom stereocenters. The molecule has 0 bridgehead atoms. The van der Waals surface area contributed by atoms with Crippen LogP contribution in [0.4, 0.5) is 11.4 Å². The maximum absolute atomic E-state index is 12.8. The number of anilines is 1. The minimum absolute atomic E-state index is 0.00182. The molecule has 1 unspecified atom stereocenters. The number of likely N-dealkylation sites (tertiary alicyclic amines) is 1. The molecule has 0 radical (unpaired) electrons. The maximum Gasteiger partial charge on any atom is 0.292 e. The number of nitro benzene ring substituents is 1. The predicted molar refractivity (Wildman–Crippen MR) is 109 cm³/mol. The monoisotopic (exact) mass is 399 g/mol. The Kier molecular flexibility index (Phi) is 6.54. The van der Waals surface area contributed by atoms with Gasteiger partial charge in [0, 0.05) is 37.2 Å². The van der Waals surface area contributed by atoms with Gasteiger partial charge in [0.05, 0.1) is 25.2 Å². The first-order valence-electron chi connectivity index (χ1n) is 9.54. The fraction of sp³-hybridized carbons (Fsp3) is 0.381. The number of nitro groups is 1. The van der Waals surface area contributed by atoms with Crippen molar-refractivity contribution in [1.29, 1.82) is 0 Å². The van der Waals surface area contributed by atoms with Crippen LogP contribution in [0.1, 0.15) is 30.9 Å². The van der Waals surface area contributed by atoms with Crippen LogP contribution in [0.2, 0.25) is 0 Å². The fourth-order valence-corrected chi connectivity index (χ4v) is 3.71. The van der Waals surface area contributed by atoms with Gasteiger partial charge < -0.3 is 19.7 Å². The first-order chi connectivity index (χ1) is 14.0. The van der Waals surface area contributed by atoms with Crippen molar-refractivity contribution in [1.82, 2.24) is 4.90 Å². The minimum Gasteiger partial charge on any atom is -0.497 e. The molecule has 1 N–H and O–H groups in total. The van der Waals surface area contributed by atoms with E-state index in [4.69, 9.17) is 9.47 Å². The van der Waals surface area contributed by atoms with Crippen LogP contribution in [0.5, 0.6) is 11.5 Å². The molecular formula is C21H25N3O5. The second-order valence-corrected chi connectivity index (χ2v) is 6.80. The average molecular weight is 399 g/mol. The van der Waals surface area contributed by atoms with Gasteiger partial charge in [-0.25, -0.2) is 0 Å². The Morgan fingerprint density at radius 2 is 2.03 bits per heavy atom. The van der Waals surface area contributed by atoms with Gasteiger partial charge in [0.15, 0.2) is 0 Å². The highest BCUT2D eigenvalue weighted by molar-refractivity contribution is 5.78. The number of rotatable bonds is 8. The van der Waals surface area contributed by atoms with Gasteiger partial charge in [-0.3, -0.25) is 14.9 Å². The molecule has 0 aliphatic carbocycles. The molecule has 1 aliphatic rings. The van der Waals surface area contributed by atoms with Gasteiger partial charge in [-0.15, -0.1) is 0 Å². The minimum atomic E-state index is -0.434. The van der Waals surface area contributed by atoms with Gasteiger partial charge in [0.2, 0.25) is 5.91 Å². The zero-order valence-electron chi connectivity index (χ0n) is 16.6. The topological polar surface area (TPSA) is 93.9 Å². The van der Waals surface area contributed by atoms with Crippen LogP contribution in [0.25, 0.3) is 0 Å². The van der Waals surface area contributed by atoms with Gasteiger partial charge in [-0.1, -0.05) is 12.1 Å². The molecule has 0 aromatic heterocycles. The molecule has 154 valence electrons. The predicted octanol–water partition coefficient (Wildman–Crippen LogP) is 3.78. The molecule has 8 nitrogen and oxygen atoms in total. The standard InChI is InChI=1S/C21H25N3O5/c1-28-15-9-10-16(20(14-15)29-2)18-8-5-13-23(18)21(25)11-12-22-17-6-3-4-7-19(17)24(26)27/h3-4,6-7,9-10,14,18,22H,5,8,11-13H2,1-2H3. The summed E-state index contributed by atoms with van der Waals surface area (Å²) in [5.74, 6) is 1.42. The third-order valence-electron chi connectivity index (χ3n) is 5.13. The molecule has 1 aliphatic heterocycles. The quantitative estimate of drug-likeness (QED) is 0.536. The van der Waals surface area contributed by atoms with Crippen LogP contribution in [0.15, 0.2) is 42.5 Å². The number of amides is 1. The first-order valence-corrected chi connectivity index (χ1v) is 9.54. The average Bonchev–Trinajstić information content (AvgIpc) is 3.23. The Balaban J connectivity index is 1.66. The van der Waals surface area contributed by atoms with E-state index in [1.807, 2.05) is 23.1 Å². The lowest BCUT2D eigenvalue weighted by atomic mass is 10.0. The number of para-hydroxylation sites is 2. The van der Waals surface area contributed by atoms with Crippen LogP contribution >= 0.6 is 0 Å². The normalized spacial score (nSPS) is 15.8. The number of carbonyl (C=O) groups is 1. The molecule has 1 amide bonds. The molecule has 2 aromatic carbocycles. The molecule has 3 rings (SSSR count). The molecule has 2 aromatic rings. The van der Waals surface area contributed by atoms with Crippen molar-refractivity contribution in [2.24, 2.45) is 0 Å². The van der Waals surface area contributed by atoms with E-state index in [1.165, 1.54) is 6.07 Å². The van der Waals surface area contributed by atoms with E-state index in [0.29, 0.717) is 30.3 Å². The number of ether oxygens (including phenoxy) is 2. The largest absolute Gasteiger partial charge is 0.497 e. The van der Waals surface area contributed by atoms with Crippen LogP contribution in [-0.4, -0.2) is 43.0 Å². The van der Waals surface area contributed by atoms with Gasteiger partial charge in [-0.2, -0.15) is 0 Å². The van der Waals surface area contributed by atoms with Crippen molar-refractivity contribution in [2.75, 3.05) is 32.6 Å². The second-order valence-electron chi connectivity index (χ2n) is 6.80. The molecule has 0 spiro atoms. The number of nitrogens with zero attached hydrogens (tertiary/aromatic N) is 2. The Labute approximate surface area is 169 Å². The summed E-state index contributed by atoms with van der Waals surface area (Å²) in [4.78, 5) is 25.4. The van der Waals surface area contributed by atoms with Gasteiger partial charge >= 0.3 is 0 Å². The van der Waals surface area contributed by atoms with E-state index in [0.717, 1.165) is 18.4 Å².